The monoisotopic (exact) mass is 465 g/mol. The summed E-state index contributed by atoms with van der Waals surface area (Å²) in [5.74, 6) is 0.373. The zero-order chi connectivity index (χ0) is 24.3. The van der Waals surface area contributed by atoms with Crippen LogP contribution in [0.2, 0.25) is 0 Å². The van der Waals surface area contributed by atoms with Gasteiger partial charge in [-0.05, 0) is 60.4 Å². The number of H-pyrrole nitrogens is 1. The second kappa shape index (κ2) is 7.73. The van der Waals surface area contributed by atoms with Crippen molar-refractivity contribution < 1.29 is 14.3 Å². The fourth-order valence-corrected chi connectivity index (χ4v) is 5.63. The summed E-state index contributed by atoms with van der Waals surface area (Å²) >= 11 is 0. The van der Waals surface area contributed by atoms with E-state index in [0.717, 1.165) is 34.1 Å². The van der Waals surface area contributed by atoms with Crippen LogP contribution in [0.25, 0.3) is 10.9 Å². The first kappa shape index (κ1) is 21.5. The van der Waals surface area contributed by atoms with Crippen molar-refractivity contribution in [1.82, 2.24) is 9.88 Å². The summed E-state index contributed by atoms with van der Waals surface area (Å²) in [6.45, 7) is 4.43. The van der Waals surface area contributed by atoms with E-state index in [4.69, 9.17) is 4.74 Å². The highest BCUT2D eigenvalue weighted by atomic mass is 16.5. The number of urea groups is 1. The summed E-state index contributed by atoms with van der Waals surface area (Å²) in [7, 11) is 1.59. The molecular weight excluding hydrogens is 438 g/mol. The maximum atomic E-state index is 14.0. The molecule has 6 nitrogen and oxygen atoms in total. The minimum Gasteiger partial charge on any atom is -0.497 e. The number of para-hydroxylation sites is 1. The van der Waals surface area contributed by atoms with Gasteiger partial charge in [-0.25, -0.2) is 9.69 Å². The van der Waals surface area contributed by atoms with Gasteiger partial charge in [0, 0.05) is 23.4 Å². The minimum absolute atomic E-state index is 0.0484. The number of anilines is 1. The highest BCUT2D eigenvalue weighted by Crippen LogP contribution is 2.50. The van der Waals surface area contributed by atoms with Gasteiger partial charge >= 0.3 is 6.03 Å². The molecule has 0 aliphatic carbocycles. The van der Waals surface area contributed by atoms with E-state index in [1.165, 1.54) is 10.5 Å². The van der Waals surface area contributed by atoms with Gasteiger partial charge in [0.05, 0.1) is 18.5 Å². The normalized spacial score (nSPS) is 21.4. The topological polar surface area (TPSA) is 65.6 Å². The average Bonchev–Trinajstić information content (AvgIpc) is 3.38. The van der Waals surface area contributed by atoms with Crippen LogP contribution < -0.4 is 9.64 Å². The predicted molar refractivity (Wildman–Crippen MR) is 136 cm³/mol. The lowest BCUT2D eigenvalue weighted by Crippen LogP contribution is -2.50. The Morgan fingerprint density at radius 2 is 1.71 bits per heavy atom. The van der Waals surface area contributed by atoms with E-state index in [1.807, 2.05) is 25.1 Å². The number of carbonyl (C=O) groups excluding carboxylic acids is 2. The Morgan fingerprint density at radius 3 is 2.40 bits per heavy atom. The standard InChI is InChI=1S/C29H27N3O3/c1-4-18-9-11-19(12-10-18)23-17-31-28(34)32(20-13-15-21(35-3)16-14-20)27(33)29(31,2)26-25(23)22-7-5-6-8-24(22)30-26/h5-16,23,30H,4,17H2,1-3H3/t23?,29-/m0/s1. The molecule has 3 aromatic carbocycles. The van der Waals surface area contributed by atoms with Gasteiger partial charge in [-0.3, -0.25) is 4.79 Å². The first-order valence-electron chi connectivity index (χ1n) is 12.0. The van der Waals surface area contributed by atoms with E-state index < -0.39 is 5.54 Å². The Morgan fingerprint density at radius 1 is 1.00 bits per heavy atom. The molecule has 6 heteroatoms. The number of hydrogen-bond acceptors (Lipinski definition) is 3. The van der Waals surface area contributed by atoms with Crippen molar-refractivity contribution in [3.05, 3.63) is 95.2 Å². The number of methoxy groups -OCH3 is 1. The van der Waals surface area contributed by atoms with Gasteiger partial charge in [0.2, 0.25) is 0 Å². The largest absolute Gasteiger partial charge is 0.497 e. The third-order valence-electron chi connectivity index (χ3n) is 7.65. The first-order valence-corrected chi connectivity index (χ1v) is 12.0. The van der Waals surface area contributed by atoms with Crippen LogP contribution in [0.5, 0.6) is 5.75 Å². The molecule has 0 saturated carbocycles. The van der Waals surface area contributed by atoms with Crippen LogP contribution in [0.1, 0.15) is 42.1 Å². The molecule has 3 heterocycles. The molecule has 1 unspecified atom stereocenters. The minimum atomic E-state index is -1.12. The lowest BCUT2D eigenvalue weighted by molar-refractivity contribution is -0.125. The molecule has 2 atom stereocenters. The van der Waals surface area contributed by atoms with E-state index in [1.54, 1.807) is 36.3 Å². The van der Waals surface area contributed by atoms with Crippen LogP contribution in [0.4, 0.5) is 10.5 Å². The van der Waals surface area contributed by atoms with Gasteiger partial charge in [-0.1, -0.05) is 49.4 Å². The number of fused-ring (bicyclic) bond motifs is 5. The number of imide groups is 1. The number of rotatable bonds is 4. The Labute approximate surface area is 204 Å². The molecule has 1 N–H and O–H groups in total. The fourth-order valence-electron chi connectivity index (χ4n) is 5.63. The number of aryl methyl sites for hydroxylation is 1. The number of aromatic amines is 1. The third kappa shape index (κ3) is 2.95. The maximum Gasteiger partial charge on any atom is 0.332 e. The summed E-state index contributed by atoms with van der Waals surface area (Å²) < 4.78 is 5.26. The van der Waals surface area contributed by atoms with Gasteiger partial charge in [-0.15, -0.1) is 0 Å². The Hall–Kier alpha value is -4.06. The van der Waals surface area contributed by atoms with Gasteiger partial charge in [0.1, 0.15) is 5.75 Å². The van der Waals surface area contributed by atoms with Crippen molar-refractivity contribution in [1.29, 1.82) is 0 Å². The molecule has 35 heavy (non-hydrogen) atoms. The molecule has 1 saturated heterocycles. The van der Waals surface area contributed by atoms with Crippen molar-refractivity contribution in [3.8, 4) is 5.75 Å². The van der Waals surface area contributed by atoms with E-state index in [2.05, 4.69) is 42.2 Å². The lowest BCUT2D eigenvalue weighted by atomic mass is 9.78. The molecule has 2 aliphatic heterocycles. The molecular formula is C29H27N3O3. The molecule has 4 aromatic rings. The SMILES string of the molecule is CCc1ccc(C2CN3C(=O)N(c4ccc(OC)cc4)C(=O)[C@]3(C)c3[nH]c4ccccc4c32)cc1. The number of hydrogen-bond donors (Lipinski definition) is 1. The number of aromatic nitrogens is 1. The lowest BCUT2D eigenvalue weighted by Gasteiger charge is -2.40. The summed E-state index contributed by atoms with van der Waals surface area (Å²) in [6, 6.07) is 23.5. The van der Waals surface area contributed by atoms with Crippen LogP contribution in [-0.4, -0.2) is 35.5 Å². The van der Waals surface area contributed by atoms with E-state index >= 15 is 0 Å². The van der Waals surface area contributed by atoms with Crippen molar-refractivity contribution in [2.75, 3.05) is 18.6 Å². The summed E-state index contributed by atoms with van der Waals surface area (Å²) in [6.07, 6.45) is 0.970. The van der Waals surface area contributed by atoms with E-state index in [-0.39, 0.29) is 17.9 Å². The van der Waals surface area contributed by atoms with Gasteiger partial charge in [0.25, 0.3) is 5.91 Å². The zero-order valence-electron chi connectivity index (χ0n) is 20.0. The molecule has 176 valence electrons. The fraction of sp³-hybridized carbons (Fsp3) is 0.241. The molecule has 1 fully saturated rings. The van der Waals surface area contributed by atoms with Crippen LogP contribution >= 0.6 is 0 Å². The van der Waals surface area contributed by atoms with Gasteiger partial charge in [0.15, 0.2) is 5.54 Å². The third-order valence-corrected chi connectivity index (χ3v) is 7.65. The van der Waals surface area contributed by atoms with Crippen molar-refractivity contribution in [2.45, 2.75) is 31.7 Å². The number of ether oxygens (including phenoxy) is 1. The van der Waals surface area contributed by atoms with Crippen LogP contribution in [0.15, 0.2) is 72.8 Å². The maximum absolute atomic E-state index is 14.0. The van der Waals surface area contributed by atoms with E-state index in [9.17, 15) is 9.59 Å². The molecule has 3 amide bonds. The highest BCUT2D eigenvalue weighted by molar-refractivity contribution is 6.23. The molecule has 0 radical (unpaired) electrons. The number of nitrogens with one attached hydrogen (secondary N) is 1. The number of nitrogens with zero attached hydrogens (tertiary/aromatic N) is 2. The summed E-state index contributed by atoms with van der Waals surface area (Å²) in [5.41, 5.74) is 4.69. The summed E-state index contributed by atoms with van der Waals surface area (Å²) in [5, 5.41) is 1.09. The van der Waals surface area contributed by atoms with Crippen molar-refractivity contribution >= 4 is 28.5 Å². The smallest absolute Gasteiger partial charge is 0.332 e. The van der Waals surface area contributed by atoms with Gasteiger partial charge < -0.3 is 14.6 Å². The predicted octanol–water partition coefficient (Wildman–Crippen LogP) is 5.57. The second-order valence-corrected chi connectivity index (χ2v) is 9.41. The number of carbonyl (C=O) groups is 2. The average molecular weight is 466 g/mol. The zero-order valence-corrected chi connectivity index (χ0v) is 20.0. The number of benzene rings is 3. The van der Waals surface area contributed by atoms with Crippen molar-refractivity contribution in [2.24, 2.45) is 0 Å². The highest BCUT2D eigenvalue weighted by Gasteiger charge is 2.60. The molecule has 0 bridgehead atoms. The number of amides is 3. The Bertz CT molecular complexity index is 1460. The van der Waals surface area contributed by atoms with E-state index in [0.29, 0.717) is 18.0 Å². The molecule has 0 spiro atoms. The molecule has 6 rings (SSSR count). The van der Waals surface area contributed by atoms with Crippen LogP contribution in [-0.2, 0) is 16.8 Å². The second-order valence-electron chi connectivity index (χ2n) is 9.41. The molecule has 2 aliphatic rings. The molecule has 1 aromatic heterocycles. The Balaban J connectivity index is 1.53. The van der Waals surface area contributed by atoms with Crippen LogP contribution in [0, 0.1) is 0 Å². The summed E-state index contributed by atoms with van der Waals surface area (Å²) in [4.78, 5) is 34.4. The van der Waals surface area contributed by atoms with Crippen molar-refractivity contribution in [3.63, 3.8) is 0 Å². The quantitative estimate of drug-likeness (QED) is 0.401. The first-order chi connectivity index (χ1) is 17.0. The Kier molecular flexibility index (Phi) is 4.74. The van der Waals surface area contributed by atoms with Crippen LogP contribution in [0.3, 0.4) is 0 Å². The van der Waals surface area contributed by atoms with Gasteiger partial charge in [-0.2, -0.15) is 0 Å².